The van der Waals surface area contributed by atoms with E-state index in [1.807, 2.05) is 24.3 Å². The molecule has 0 spiro atoms. The molecule has 0 aromatic heterocycles. The van der Waals surface area contributed by atoms with E-state index in [2.05, 4.69) is 0 Å². The summed E-state index contributed by atoms with van der Waals surface area (Å²) in [5.74, 6) is -0.923. The number of ether oxygens (including phenoxy) is 2. The molecule has 0 bridgehead atoms. The first kappa shape index (κ1) is 28.9. The summed E-state index contributed by atoms with van der Waals surface area (Å²) in [6.07, 6.45) is 0. The smallest absolute Gasteiger partial charge is 0.340 e. The molecule has 0 saturated carbocycles. The number of rotatable bonds is 5. The standard InChI is InChI=1S/C40H26O8/c41-28-13-5-24(6-14-28)39(25-7-15-29(42)16-8-25)34-3-1-2-32(36(34)38(46)48-39)23-4-21-33-35(22-23)40(47-37(33)45,26-9-17-30(43)18-10-26)27-11-19-31(44)20-12-27/h1-22,41-44H. The lowest BCUT2D eigenvalue weighted by Gasteiger charge is -2.31. The second-order valence-corrected chi connectivity index (χ2v) is 11.8. The highest BCUT2D eigenvalue weighted by Crippen LogP contribution is 2.52. The normalized spacial score (nSPS) is 15.3. The largest absolute Gasteiger partial charge is 0.508 e. The molecule has 0 unspecified atom stereocenters. The molecule has 0 atom stereocenters. The van der Waals surface area contributed by atoms with E-state index in [0.717, 1.165) is 0 Å². The first-order chi connectivity index (χ1) is 23.2. The zero-order valence-electron chi connectivity index (χ0n) is 25.1. The van der Waals surface area contributed by atoms with Crippen molar-refractivity contribution in [1.82, 2.24) is 0 Å². The van der Waals surface area contributed by atoms with Gasteiger partial charge in [-0.1, -0.05) is 72.8 Å². The summed E-state index contributed by atoms with van der Waals surface area (Å²) in [5.41, 5.74) is 2.46. The van der Waals surface area contributed by atoms with Gasteiger partial charge in [-0.2, -0.15) is 0 Å². The Bertz CT molecular complexity index is 2150. The van der Waals surface area contributed by atoms with Gasteiger partial charge in [-0.15, -0.1) is 0 Å². The Morgan fingerprint density at radius 3 is 1.29 bits per heavy atom. The molecule has 234 valence electrons. The fourth-order valence-corrected chi connectivity index (χ4v) is 6.96. The zero-order chi connectivity index (χ0) is 33.2. The maximum absolute atomic E-state index is 14.0. The summed E-state index contributed by atoms with van der Waals surface area (Å²) in [4.78, 5) is 27.5. The summed E-state index contributed by atoms with van der Waals surface area (Å²) in [5, 5.41) is 40.3. The van der Waals surface area contributed by atoms with Gasteiger partial charge in [0.25, 0.3) is 0 Å². The van der Waals surface area contributed by atoms with Crippen molar-refractivity contribution >= 4 is 11.9 Å². The number of carbonyl (C=O) groups excluding carboxylic acids is 2. The Morgan fingerprint density at radius 1 is 0.417 bits per heavy atom. The van der Waals surface area contributed by atoms with E-state index in [1.54, 1.807) is 60.7 Å². The number of hydrogen-bond donors (Lipinski definition) is 4. The lowest BCUT2D eigenvalue weighted by Crippen LogP contribution is -2.29. The van der Waals surface area contributed by atoms with Crippen LogP contribution in [0.4, 0.5) is 0 Å². The minimum absolute atomic E-state index is 0.0435. The summed E-state index contributed by atoms with van der Waals surface area (Å²) in [7, 11) is 0. The molecular weight excluding hydrogens is 608 g/mol. The van der Waals surface area contributed by atoms with Crippen molar-refractivity contribution in [3.8, 4) is 34.1 Å². The van der Waals surface area contributed by atoms with Gasteiger partial charge in [-0.05, 0) is 71.8 Å². The Hall–Kier alpha value is -6.54. The van der Waals surface area contributed by atoms with Gasteiger partial charge in [0, 0.05) is 33.4 Å². The van der Waals surface area contributed by atoms with E-state index in [0.29, 0.717) is 55.6 Å². The fraction of sp³-hybridized carbons (Fsp3) is 0.0500. The van der Waals surface area contributed by atoms with E-state index in [1.165, 1.54) is 48.5 Å². The SMILES string of the molecule is O=C1OC(c2ccc(O)cc2)(c2ccc(O)cc2)c2cc(-c3cccc4c3C(=O)OC4(c3ccc(O)cc3)c3ccc(O)cc3)ccc21. The third-order valence-electron chi connectivity index (χ3n) is 9.16. The molecule has 0 amide bonds. The average Bonchev–Trinajstić information content (AvgIpc) is 3.57. The topological polar surface area (TPSA) is 134 Å². The molecule has 8 rings (SSSR count). The van der Waals surface area contributed by atoms with Crippen LogP contribution in [0, 0.1) is 0 Å². The van der Waals surface area contributed by atoms with Gasteiger partial charge in [0.15, 0.2) is 11.2 Å². The summed E-state index contributed by atoms with van der Waals surface area (Å²) >= 11 is 0. The molecule has 8 nitrogen and oxygen atoms in total. The van der Waals surface area contributed by atoms with Gasteiger partial charge in [-0.3, -0.25) is 0 Å². The van der Waals surface area contributed by atoms with E-state index in [-0.39, 0.29) is 23.0 Å². The van der Waals surface area contributed by atoms with Crippen molar-refractivity contribution in [3.63, 3.8) is 0 Å². The number of carbonyl (C=O) groups is 2. The van der Waals surface area contributed by atoms with Crippen molar-refractivity contribution < 1.29 is 39.5 Å². The molecule has 6 aromatic rings. The van der Waals surface area contributed by atoms with E-state index in [9.17, 15) is 30.0 Å². The van der Waals surface area contributed by atoms with E-state index in [4.69, 9.17) is 9.47 Å². The van der Waals surface area contributed by atoms with Gasteiger partial charge >= 0.3 is 11.9 Å². The minimum Gasteiger partial charge on any atom is -0.508 e. The van der Waals surface area contributed by atoms with Crippen molar-refractivity contribution in [2.45, 2.75) is 11.2 Å². The average molecular weight is 635 g/mol. The van der Waals surface area contributed by atoms with Gasteiger partial charge < -0.3 is 29.9 Å². The maximum Gasteiger partial charge on any atom is 0.340 e. The van der Waals surface area contributed by atoms with E-state index < -0.39 is 23.1 Å². The van der Waals surface area contributed by atoms with Crippen molar-refractivity contribution in [2.24, 2.45) is 0 Å². The van der Waals surface area contributed by atoms with Crippen LogP contribution in [0.25, 0.3) is 11.1 Å². The number of benzene rings is 6. The van der Waals surface area contributed by atoms with Crippen molar-refractivity contribution in [3.05, 3.63) is 178 Å². The number of phenols is 4. The molecule has 0 radical (unpaired) electrons. The Balaban J connectivity index is 1.36. The molecule has 0 aliphatic carbocycles. The molecule has 4 N–H and O–H groups in total. The number of aromatic hydroxyl groups is 4. The molecule has 8 heteroatoms. The zero-order valence-corrected chi connectivity index (χ0v) is 25.1. The van der Waals surface area contributed by atoms with Crippen LogP contribution in [0.15, 0.2) is 133 Å². The van der Waals surface area contributed by atoms with Gasteiger partial charge in [0.2, 0.25) is 0 Å². The van der Waals surface area contributed by atoms with Crippen LogP contribution in [-0.4, -0.2) is 32.4 Å². The summed E-state index contributed by atoms with van der Waals surface area (Å²) in [6, 6.07) is 36.4. The Labute approximate surface area is 274 Å². The first-order valence-electron chi connectivity index (χ1n) is 15.1. The van der Waals surface area contributed by atoms with Crippen LogP contribution in [0.1, 0.15) is 54.1 Å². The highest BCUT2D eigenvalue weighted by Gasteiger charge is 2.51. The summed E-state index contributed by atoms with van der Waals surface area (Å²) < 4.78 is 12.5. The Morgan fingerprint density at radius 2 is 0.833 bits per heavy atom. The number of hydrogen-bond acceptors (Lipinski definition) is 8. The second kappa shape index (κ2) is 10.5. The molecule has 2 aliphatic heterocycles. The van der Waals surface area contributed by atoms with Crippen LogP contribution in [-0.2, 0) is 20.7 Å². The third kappa shape index (κ3) is 4.16. The monoisotopic (exact) mass is 634 g/mol. The molecule has 0 fully saturated rings. The van der Waals surface area contributed by atoms with Gasteiger partial charge in [0.05, 0.1) is 11.1 Å². The molecule has 48 heavy (non-hydrogen) atoms. The predicted octanol–water partition coefficient (Wildman–Crippen LogP) is 7.10. The summed E-state index contributed by atoms with van der Waals surface area (Å²) in [6.45, 7) is 0. The fourth-order valence-electron chi connectivity index (χ4n) is 6.96. The predicted molar refractivity (Wildman–Crippen MR) is 175 cm³/mol. The first-order valence-corrected chi connectivity index (χ1v) is 15.1. The third-order valence-corrected chi connectivity index (χ3v) is 9.16. The highest BCUT2D eigenvalue weighted by molar-refractivity contribution is 6.04. The van der Waals surface area contributed by atoms with Gasteiger partial charge in [0.1, 0.15) is 23.0 Å². The van der Waals surface area contributed by atoms with Crippen molar-refractivity contribution in [1.29, 1.82) is 0 Å². The van der Waals surface area contributed by atoms with Crippen LogP contribution < -0.4 is 0 Å². The number of fused-ring (bicyclic) bond motifs is 2. The Kier molecular flexibility index (Phi) is 6.32. The number of cyclic esters (lactones) is 2. The quantitative estimate of drug-likeness (QED) is 0.148. The van der Waals surface area contributed by atoms with Crippen LogP contribution in [0.3, 0.4) is 0 Å². The molecule has 6 aromatic carbocycles. The minimum atomic E-state index is -1.43. The number of phenolic OH excluding ortho intramolecular Hbond substituents is 4. The van der Waals surface area contributed by atoms with Crippen LogP contribution >= 0.6 is 0 Å². The van der Waals surface area contributed by atoms with Crippen LogP contribution in [0.5, 0.6) is 23.0 Å². The molecule has 0 saturated heterocycles. The van der Waals surface area contributed by atoms with Crippen molar-refractivity contribution in [2.75, 3.05) is 0 Å². The second-order valence-electron chi connectivity index (χ2n) is 11.8. The lowest BCUT2D eigenvalue weighted by molar-refractivity contribution is 0.0242. The maximum atomic E-state index is 14.0. The van der Waals surface area contributed by atoms with Gasteiger partial charge in [-0.25, -0.2) is 9.59 Å². The lowest BCUT2D eigenvalue weighted by atomic mass is 9.77. The molecule has 2 aliphatic rings. The highest BCUT2D eigenvalue weighted by atomic mass is 16.6. The number of esters is 2. The van der Waals surface area contributed by atoms with Crippen LogP contribution in [0.2, 0.25) is 0 Å². The molecule has 2 heterocycles. The van der Waals surface area contributed by atoms with E-state index >= 15 is 0 Å². The molecular formula is C40H26O8.